The van der Waals surface area contributed by atoms with E-state index in [-0.39, 0.29) is 0 Å². The van der Waals surface area contributed by atoms with Crippen molar-refractivity contribution >= 4 is 43.9 Å². The van der Waals surface area contributed by atoms with Crippen LogP contribution in [0.15, 0.2) is 239 Å². The van der Waals surface area contributed by atoms with E-state index in [1.165, 1.54) is 44.5 Å². The molecule has 0 aliphatic heterocycles. The Morgan fingerprint density at radius 2 is 0.484 bits per heavy atom. The summed E-state index contributed by atoms with van der Waals surface area (Å²) < 4.78 is 13.7. The molecule has 0 aliphatic rings. The molecular formula is C60H38O2. The zero-order valence-corrected chi connectivity index (χ0v) is 33.8. The maximum Gasteiger partial charge on any atom is 0.147 e. The fourth-order valence-corrected chi connectivity index (χ4v) is 9.14. The molecular weight excluding hydrogens is 753 g/mol. The van der Waals surface area contributed by atoms with Gasteiger partial charge in [-0.3, -0.25) is 0 Å². The van der Waals surface area contributed by atoms with Gasteiger partial charge < -0.3 is 8.83 Å². The van der Waals surface area contributed by atoms with Crippen molar-refractivity contribution in [1.82, 2.24) is 0 Å². The Balaban J connectivity index is 1.07. The summed E-state index contributed by atoms with van der Waals surface area (Å²) in [5.41, 5.74) is 19.3. The SMILES string of the molecule is c1ccc(-c2cc(-c3ccccc3)cc(-c3ccc4oc5c(-c6ccccc6)c6oc7ccc(-c8cc(-c9ccccc9)cc(-c9ccccc9)c8)cc7c6cc5c4c3)c2)cc1. The number of hydrogen-bond donors (Lipinski definition) is 0. The zero-order chi connectivity index (χ0) is 41.0. The summed E-state index contributed by atoms with van der Waals surface area (Å²) in [6, 6.07) is 82.4. The molecule has 2 aromatic heterocycles. The fraction of sp³-hybridized carbons (Fsp3) is 0. The molecule has 0 saturated carbocycles. The van der Waals surface area contributed by atoms with Crippen LogP contribution in [0.5, 0.6) is 0 Å². The van der Waals surface area contributed by atoms with Gasteiger partial charge in [-0.2, -0.15) is 0 Å². The summed E-state index contributed by atoms with van der Waals surface area (Å²) in [7, 11) is 0. The predicted octanol–water partition coefficient (Wildman–Crippen LogP) is 17.2. The molecule has 0 N–H and O–H groups in total. The van der Waals surface area contributed by atoms with Crippen LogP contribution in [0.2, 0.25) is 0 Å². The smallest absolute Gasteiger partial charge is 0.147 e. The summed E-state index contributed by atoms with van der Waals surface area (Å²) in [4.78, 5) is 0. The van der Waals surface area contributed by atoms with Crippen LogP contribution in [0, 0.1) is 0 Å². The van der Waals surface area contributed by atoms with Crippen molar-refractivity contribution in [2.24, 2.45) is 0 Å². The maximum absolute atomic E-state index is 6.86. The third-order valence-corrected chi connectivity index (χ3v) is 12.2. The highest BCUT2D eigenvalue weighted by Crippen LogP contribution is 2.46. The molecule has 0 unspecified atom stereocenters. The van der Waals surface area contributed by atoms with Gasteiger partial charge in [-0.15, -0.1) is 0 Å². The van der Waals surface area contributed by atoms with Gasteiger partial charge in [-0.25, -0.2) is 0 Å². The van der Waals surface area contributed by atoms with E-state index in [0.717, 1.165) is 77.3 Å². The molecule has 0 amide bonds. The van der Waals surface area contributed by atoms with E-state index in [1.54, 1.807) is 0 Å². The van der Waals surface area contributed by atoms with Crippen LogP contribution in [0.25, 0.3) is 122 Å². The van der Waals surface area contributed by atoms with Gasteiger partial charge in [0.05, 0.1) is 5.56 Å². The Kier molecular flexibility index (Phi) is 8.53. The standard InChI is InChI=1S/C60H38O2/c1-6-16-39(17-7-1)46-30-47(40-18-8-2-9-19-40)33-50(32-46)44-26-28-56-52(36-44)54-38-55-53-37-45(27-29-57(53)62-60(55)58(59(54)61-56)43-24-14-5-15-25-43)51-34-48(41-20-10-3-11-21-41)31-49(35-51)42-22-12-4-13-23-42/h1-38H. The van der Waals surface area contributed by atoms with E-state index >= 15 is 0 Å². The second kappa shape index (κ2) is 14.8. The van der Waals surface area contributed by atoms with Gasteiger partial charge in [0, 0.05) is 21.5 Å². The van der Waals surface area contributed by atoms with E-state index in [9.17, 15) is 0 Å². The van der Waals surface area contributed by atoms with Crippen LogP contribution in [-0.2, 0) is 0 Å². The number of benzene rings is 10. The van der Waals surface area contributed by atoms with Crippen molar-refractivity contribution in [3.63, 3.8) is 0 Å². The van der Waals surface area contributed by atoms with Crippen molar-refractivity contribution in [3.8, 4) is 77.9 Å². The predicted molar refractivity (Wildman–Crippen MR) is 259 cm³/mol. The quantitative estimate of drug-likeness (QED) is 0.161. The Morgan fingerprint density at radius 3 is 0.806 bits per heavy atom. The monoisotopic (exact) mass is 790 g/mol. The van der Waals surface area contributed by atoms with Gasteiger partial charge in [0.2, 0.25) is 0 Å². The Labute approximate surface area is 359 Å². The van der Waals surface area contributed by atoms with Gasteiger partial charge in [0.15, 0.2) is 0 Å². The van der Waals surface area contributed by atoms with Crippen molar-refractivity contribution in [1.29, 1.82) is 0 Å². The Hall–Kier alpha value is -8.20. The van der Waals surface area contributed by atoms with Crippen molar-refractivity contribution in [2.45, 2.75) is 0 Å². The third kappa shape index (κ3) is 6.29. The van der Waals surface area contributed by atoms with Gasteiger partial charge in [-0.1, -0.05) is 164 Å². The normalized spacial score (nSPS) is 11.5. The number of rotatable bonds is 7. The van der Waals surface area contributed by atoms with Crippen LogP contribution in [0.3, 0.4) is 0 Å². The zero-order valence-electron chi connectivity index (χ0n) is 33.8. The molecule has 2 nitrogen and oxygen atoms in total. The lowest BCUT2D eigenvalue weighted by atomic mass is 9.92. The van der Waals surface area contributed by atoms with Crippen LogP contribution >= 0.6 is 0 Å². The van der Waals surface area contributed by atoms with E-state index in [1.807, 2.05) is 0 Å². The summed E-state index contributed by atoms with van der Waals surface area (Å²) in [5.74, 6) is 0. The number of furan rings is 2. The van der Waals surface area contributed by atoms with Crippen LogP contribution < -0.4 is 0 Å². The topological polar surface area (TPSA) is 26.3 Å². The highest BCUT2D eigenvalue weighted by atomic mass is 16.3. The molecule has 0 fully saturated rings. The molecule has 62 heavy (non-hydrogen) atoms. The minimum atomic E-state index is 0.821. The molecule has 12 aromatic rings. The summed E-state index contributed by atoms with van der Waals surface area (Å²) in [6.07, 6.45) is 0. The van der Waals surface area contributed by atoms with E-state index in [0.29, 0.717) is 0 Å². The summed E-state index contributed by atoms with van der Waals surface area (Å²) >= 11 is 0. The average molecular weight is 791 g/mol. The van der Waals surface area contributed by atoms with Gasteiger partial charge in [0.25, 0.3) is 0 Å². The minimum Gasteiger partial charge on any atom is -0.455 e. The average Bonchev–Trinajstić information content (AvgIpc) is 3.91. The lowest BCUT2D eigenvalue weighted by Gasteiger charge is -2.11. The molecule has 290 valence electrons. The van der Waals surface area contributed by atoms with Gasteiger partial charge >= 0.3 is 0 Å². The first kappa shape index (κ1) is 35.7. The highest BCUT2D eigenvalue weighted by Gasteiger charge is 2.22. The molecule has 10 aromatic carbocycles. The van der Waals surface area contributed by atoms with E-state index in [4.69, 9.17) is 8.83 Å². The van der Waals surface area contributed by atoms with Crippen molar-refractivity contribution in [2.75, 3.05) is 0 Å². The Bertz CT molecular complexity index is 3250. The first-order valence-electron chi connectivity index (χ1n) is 21.1. The molecule has 2 heteroatoms. The number of fused-ring (bicyclic) bond motifs is 6. The fourth-order valence-electron chi connectivity index (χ4n) is 9.14. The maximum atomic E-state index is 6.86. The summed E-state index contributed by atoms with van der Waals surface area (Å²) in [6.45, 7) is 0. The van der Waals surface area contributed by atoms with E-state index in [2.05, 4.69) is 231 Å². The first-order valence-corrected chi connectivity index (χ1v) is 21.1. The molecule has 0 saturated heterocycles. The highest BCUT2D eigenvalue weighted by molar-refractivity contribution is 6.22. The molecule has 0 atom stereocenters. The molecule has 0 radical (unpaired) electrons. The Morgan fingerprint density at radius 1 is 0.194 bits per heavy atom. The second-order valence-corrected chi connectivity index (χ2v) is 16.1. The number of hydrogen-bond acceptors (Lipinski definition) is 2. The second-order valence-electron chi connectivity index (χ2n) is 16.1. The van der Waals surface area contributed by atoms with E-state index < -0.39 is 0 Å². The largest absolute Gasteiger partial charge is 0.455 e. The molecule has 2 heterocycles. The summed E-state index contributed by atoms with van der Waals surface area (Å²) in [5, 5.41) is 4.25. The van der Waals surface area contributed by atoms with Crippen molar-refractivity contribution in [3.05, 3.63) is 231 Å². The molecule has 0 aliphatic carbocycles. The van der Waals surface area contributed by atoms with Crippen LogP contribution in [-0.4, -0.2) is 0 Å². The minimum absolute atomic E-state index is 0.821. The van der Waals surface area contributed by atoms with Crippen LogP contribution in [0.1, 0.15) is 0 Å². The first-order chi connectivity index (χ1) is 30.7. The van der Waals surface area contributed by atoms with Crippen LogP contribution in [0.4, 0.5) is 0 Å². The van der Waals surface area contributed by atoms with Gasteiger partial charge in [-0.05, 0) is 139 Å². The molecule has 0 bridgehead atoms. The lowest BCUT2D eigenvalue weighted by molar-refractivity contribution is 0.658. The third-order valence-electron chi connectivity index (χ3n) is 12.2. The molecule has 12 rings (SSSR count). The van der Waals surface area contributed by atoms with Gasteiger partial charge in [0.1, 0.15) is 22.3 Å². The van der Waals surface area contributed by atoms with Crippen molar-refractivity contribution < 1.29 is 8.83 Å². The lowest BCUT2D eigenvalue weighted by Crippen LogP contribution is -1.86. The molecule has 0 spiro atoms.